The zero-order valence-electron chi connectivity index (χ0n) is 9.54. The maximum atomic E-state index is 8.80. The molecule has 1 unspecified atom stereocenters. The van der Waals surface area contributed by atoms with Gasteiger partial charge < -0.3 is 4.42 Å². The Morgan fingerprint density at radius 3 is 2.94 bits per heavy atom. The van der Waals surface area contributed by atoms with E-state index in [1.165, 1.54) is 11.8 Å². The Hall–Kier alpha value is -1.80. The van der Waals surface area contributed by atoms with Gasteiger partial charge in [-0.3, -0.25) is 0 Å². The predicted molar refractivity (Wildman–Crippen MR) is 64.5 cm³/mol. The zero-order valence-corrected chi connectivity index (χ0v) is 10.4. The topological polar surface area (TPSA) is 62.7 Å². The average Bonchev–Trinajstić information content (AvgIpc) is 2.76. The highest BCUT2D eigenvalue weighted by atomic mass is 32.2. The molecule has 0 radical (unpaired) electrons. The molecule has 0 saturated carbocycles. The summed E-state index contributed by atoms with van der Waals surface area (Å²) in [4.78, 5) is 8.38. The normalized spacial score (nSPS) is 12.1. The van der Waals surface area contributed by atoms with Gasteiger partial charge in [-0.25, -0.2) is 9.97 Å². The van der Waals surface area contributed by atoms with Gasteiger partial charge in [0.2, 0.25) is 5.89 Å². The molecule has 2 aromatic rings. The summed E-state index contributed by atoms with van der Waals surface area (Å²) in [7, 11) is 0. The monoisotopic (exact) mass is 245 g/mol. The molecular formula is C12H11N3OS. The van der Waals surface area contributed by atoms with E-state index in [9.17, 15) is 0 Å². The van der Waals surface area contributed by atoms with Crippen LogP contribution >= 0.6 is 11.8 Å². The van der Waals surface area contributed by atoms with Crippen LogP contribution in [0.25, 0.3) is 0 Å². The molecule has 2 heterocycles. The highest BCUT2D eigenvalue weighted by molar-refractivity contribution is 7.99. The van der Waals surface area contributed by atoms with E-state index in [-0.39, 0.29) is 5.25 Å². The lowest BCUT2D eigenvalue weighted by Crippen LogP contribution is -1.90. The van der Waals surface area contributed by atoms with Crippen molar-refractivity contribution in [3.63, 3.8) is 0 Å². The van der Waals surface area contributed by atoms with Crippen molar-refractivity contribution in [3.05, 3.63) is 41.7 Å². The molecule has 5 heteroatoms. The van der Waals surface area contributed by atoms with Gasteiger partial charge in [0.15, 0.2) is 0 Å². The summed E-state index contributed by atoms with van der Waals surface area (Å²) in [6.07, 6.45) is 3.33. The number of nitriles is 1. The summed E-state index contributed by atoms with van der Waals surface area (Å²) in [5.74, 6) is 1.47. The predicted octanol–water partition coefficient (Wildman–Crippen LogP) is 3.10. The lowest BCUT2D eigenvalue weighted by atomic mass is 10.3. The fraction of sp³-hybridized carbons (Fsp3) is 0.250. The molecule has 1 atom stereocenters. The van der Waals surface area contributed by atoms with Gasteiger partial charge in [0, 0.05) is 6.20 Å². The van der Waals surface area contributed by atoms with Gasteiger partial charge in [0.05, 0.1) is 28.1 Å². The molecule has 2 aromatic heterocycles. The van der Waals surface area contributed by atoms with Crippen molar-refractivity contribution in [3.8, 4) is 6.07 Å². The van der Waals surface area contributed by atoms with E-state index in [1.807, 2.05) is 13.8 Å². The molecule has 86 valence electrons. The maximum absolute atomic E-state index is 8.80. The van der Waals surface area contributed by atoms with E-state index < -0.39 is 0 Å². The number of oxazole rings is 1. The molecule has 0 aromatic carbocycles. The lowest BCUT2D eigenvalue weighted by molar-refractivity contribution is 0.474. The molecule has 0 aliphatic heterocycles. The highest BCUT2D eigenvalue weighted by Crippen LogP contribution is 2.33. The third kappa shape index (κ3) is 2.86. The fourth-order valence-electron chi connectivity index (χ4n) is 1.34. The van der Waals surface area contributed by atoms with E-state index in [2.05, 4.69) is 16.0 Å². The fourth-order valence-corrected chi connectivity index (χ4v) is 2.22. The number of thioether (sulfide) groups is 1. The number of aromatic nitrogens is 2. The van der Waals surface area contributed by atoms with Crippen LogP contribution in [0.5, 0.6) is 0 Å². The molecule has 0 amide bonds. The molecule has 0 aliphatic rings. The Labute approximate surface area is 104 Å². The van der Waals surface area contributed by atoms with Crippen LogP contribution in [-0.2, 0) is 0 Å². The largest absolute Gasteiger partial charge is 0.445 e. The second-order valence-corrected chi connectivity index (χ2v) is 4.92. The van der Waals surface area contributed by atoms with Crippen LogP contribution in [0.15, 0.2) is 34.0 Å². The molecule has 0 spiro atoms. The third-order valence-electron chi connectivity index (χ3n) is 2.15. The Bertz CT molecular complexity index is 559. The number of pyridine rings is 1. The minimum Gasteiger partial charge on any atom is -0.445 e. The summed E-state index contributed by atoms with van der Waals surface area (Å²) >= 11 is 1.52. The van der Waals surface area contributed by atoms with E-state index in [4.69, 9.17) is 9.68 Å². The molecule has 0 saturated heterocycles. The maximum Gasteiger partial charge on any atom is 0.207 e. The summed E-state index contributed by atoms with van der Waals surface area (Å²) in [6.45, 7) is 3.86. The Kier molecular flexibility index (Phi) is 3.45. The first-order valence-electron chi connectivity index (χ1n) is 5.14. The summed E-state index contributed by atoms with van der Waals surface area (Å²) in [6, 6.07) is 5.54. The van der Waals surface area contributed by atoms with E-state index in [0.29, 0.717) is 11.5 Å². The van der Waals surface area contributed by atoms with Crippen LogP contribution in [-0.4, -0.2) is 9.97 Å². The molecule has 0 N–H and O–H groups in total. The number of rotatable bonds is 3. The zero-order chi connectivity index (χ0) is 12.3. The summed E-state index contributed by atoms with van der Waals surface area (Å²) in [5.41, 5.74) is 0.610. The van der Waals surface area contributed by atoms with Crippen LogP contribution in [0.1, 0.15) is 29.4 Å². The van der Waals surface area contributed by atoms with E-state index in [0.717, 1.165) is 10.8 Å². The van der Waals surface area contributed by atoms with Gasteiger partial charge in [0.1, 0.15) is 5.76 Å². The minimum atomic E-state index is 0.0742. The average molecular weight is 245 g/mol. The van der Waals surface area contributed by atoms with Crippen molar-refractivity contribution in [2.24, 2.45) is 0 Å². The number of aryl methyl sites for hydroxylation is 1. The number of hydrogen-bond acceptors (Lipinski definition) is 5. The molecule has 2 rings (SSSR count). The van der Waals surface area contributed by atoms with Crippen molar-refractivity contribution in [1.82, 2.24) is 9.97 Å². The van der Waals surface area contributed by atoms with Crippen LogP contribution < -0.4 is 0 Å². The molecule has 0 bridgehead atoms. The lowest BCUT2D eigenvalue weighted by Gasteiger charge is -2.06. The van der Waals surface area contributed by atoms with Crippen LogP contribution in [0.4, 0.5) is 0 Å². The minimum absolute atomic E-state index is 0.0742. The van der Waals surface area contributed by atoms with Crippen molar-refractivity contribution < 1.29 is 4.42 Å². The van der Waals surface area contributed by atoms with E-state index in [1.54, 1.807) is 24.5 Å². The summed E-state index contributed by atoms with van der Waals surface area (Å²) in [5, 5.41) is 9.67. The highest BCUT2D eigenvalue weighted by Gasteiger charge is 2.13. The van der Waals surface area contributed by atoms with Crippen molar-refractivity contribution in [2.45, 2.75) is 24.1 Å². The number of nitrogens with zero attached hydrogens (tertiary/aromatic N) is 3. The molecule has 0 fully saturated rings. The van der Waals surface area contributed by atoms with Gasteiger partial charge in [-0.05, 0) is 26.0 Å². The molecule has 0 aliphatic carbocycles. The van der Waals surface area contributed by atoms with Crippen LogP contribution in [0.2, 0.25) is 0 Å². The Morgan fingerprint density at radius 2 is 2.29 bits per heavy atom. The SMILES string of the molecule is Cc1cnc(C(C)Sc2cc(C#N)ccn2)o1. The van der Waals surface area contributed by atoms with Gasteiger partial charge in [-0.2, -0.15) is 5.26 Å². The van der Waals surface area contributed by atoms with Gasteiger partial charge in [0.25, 0.3) is 0 Å². The second kappa shape index (κ2) is 5.02. The Balaban J connectivity index is 2.13. The van der Waals surface area contributed by atoms with Gasteiger partial charge in [-0.1, -0.05) is 11.8 Å². The molecule has 4 nitrogen and oxygen atoms in total. The standard InChI is InChI=1S/C12H11N3OS/c1-8-7-15-12(16-8)9(2)17-11-5-10(6-13)3-4-14-11/h3-5,7,9H,1-2H3. The summed E-state index contributed by atoms with van der Waals surface area (Å²) < 4.78 is 5.45. The first-order chi connectivity index (χ1) is 8.19. The van der Waals surface area contributed by atoms with Crippen molar-refractivity contribution in [2.75, 3.05) is 0 Å². The molecule has 17 heavy (non-hydrogen) atoms. The Morgan fingerprint density at radius 1 is 1.47 bits per heavy atom. The van der Waals surface area contributed by atoms with Crippen LogP contribution in [0, 0.1) is 18.3 Å². The second-order valence-electron chi connectivity index (χ2n) is 3.56. The third-order valence-corrected chi connectivity index (χ3v) is 3.17. The quantitative estimate of drug-likeness (QED) is 0.777. The van der Waals surface area contributed by atoms with Crippen molar-refractivity contribution >= 4 is 11.8 Å². The van der Waals surface area contributed by atoms with E-state index >= 15 is 0 Å². The van der Waals surface area contributed by atoms with Gasteiger partial charge >= 0.3 is 0 Å². The molecular weight excluding hydrogens is 234 g/mol. The van der Waals surface area contributed by atoms with Gasteiger partial charge in [-0.15, -0.1) is 0 Å². The first kappa shape index (κ1) is 11.7. The van der Waals surface area contributed by atoms with Crippen molar-refractivity contribution in [1.29, 1.82) is 5.26 Å². The van der Waals surface area contributed by atoms with Crippen LogP contribution in [0.3, 0.4) is 0 Å². The first-order valence-corrected chi connectivity index (χ1v) is 6.02. The number of hydrogen-bond donors (Lipinski definition) is 0. The smallest absolute Gasteiger partial charge is 0.207 e.